The summed E-state index contributed by atoms with van der Waals surface area (Å²) in [6, 6.07) is 7.77. The van der Waals surface area contributed by atoms with Gasteiger partial charge in [0, 0.05) is 20.3 Å². The summed E-state index contributed by atoms with van der Waals surface area (Å²) in [5.74, 6) is 1.67. The van der Waals surface area contributed by atoms with E-state index in [9.17, 15) is 0 Å². The van der Waals surface area contributed by atoms with E-state index >= 15 is 0 Å². The Hall–Kier alpha value is -1.26. The molecule has 2 rings (SSSR count). The SMILES string of the molecule is COCCCNC[C@H]1COc2ccccc2O1. The third-order valence-electron chi connectivity index (χ3n) is 2.64. The molecule has 0 fully saturated rings. The van der Waals surface area contributed by atoms with E-state index < -0.39 is 0 Å². The molecule has 0 aromatic heterocycles. The highest BCUT2D eigenvalue weighted by Gasteiger charge is 2.19. The van der Waals surface area contributed by atoms with Gasteiger partial charge in [-0.3, -0.25) is 0 Å². The summed E-state index contributed by atoms with van der Waals surface area (Å²) >= 11 is 0. The van der Waals surface area contributed by atoms with Crippen LogP contribution in [0, 0.1) is 0 Å². The van der Waals surface area contributed by atoms with Gasteiger partial charge in [0.2, 0.25) is 0 Å². The van der Waals surface area contributed by atoms with Crippen LogP contribution in [0.2, 0.25) is 0 Å². The van der Waals surface area contributed by atoms with Crippen LogP contribution in [0.4, 0.5) is 0 Å². The summed E-state index contributed by atoms with van der Waals surface area (Å²) in [6.45, 7) is 3.14. The number of para-hydroxylation sites is 2. The molecule has 0 spiro atoms. The predicted molar refractivity (Wildman–Crippen MR) is 65.7 cm³/mol. The monoisotopic (exact) mass is 237 g/mol. The highest BCUT2D eigenvalue weighted by Crippen LogP contribution is 2.30. The minimum absolute atomic E-state index is 0.0902. The number of benzene rings is 1. The van der Waals surface area contributed by atoms with Crippen LogP contribution in [0.3, 0.4) is 0 Å². The van der Waals surface area contributed by atoms with Gasteiger partial charge in [-0.1, -0.05) is 12.1 Å². The minimum Gasteiger partial charge on any atom is -0.486 e. The summed E-state index contributed by atoms with van der Waals surface area (Å²) in [5.41, 5.74) is 0. The van der Waals surface area contributed by atoms with E-state index in [2.05, 4.69) is 5.32 Å². The Kier molecular flexibility index (Phi) is 4.64. The quantitative estimate of drug-likeness (QED) is 0.760. The van der Waals surface area contributed by atoms with Crippen molar-refractivity contribution in [1.82, 2.24) is 5.32 Å². The van der Waals surface area contributed by atoms with Crippen LogP contribution in [-0.4, -0.2) is 39.5 Å². The van der Waals surface area contributed by atoms with Gasteiger partial charge in [0.05, 0.1) is 0 Å². The Balaban J connectivity index is 1.71. The molecule has 4 nitrogen and oxygen atoms in total. The van der Waals surface area contributed by atoms with Gasteiger partial charge in [0.25, 0.3) is 0 Å². The van der Waals surface area contributed by atoms with Gasteiger partial charge in [-0.25, -0.2) is 0 Å². The van der Waals surface area contributed by atoms with E-state index in [0.717, 1.165) is 37.6 Å². The fourth-order valence-electron chi connectivity index (χ4n) is 1.77. The maximum absolute atomic E-state index is 5.82. The van der Waals surface area contributed by atoms with Gasteiger partial charge in [0.1, 0.15) is 12.7 Å². The van der Waals surface area contributed by atoms with Crippen molar-refractivity contribution in [3.8, 4) is 11.5 Å². The third-order valence-corrected chi connectivity index (χ3v) is 2.64. The predicted octanol–water partition coefficient (Wildman–Crippen LogP) is 1.45. The molecule has 0 saturated heterocycles. The van der Waals surface area contributed by atoms with E-state index in [1.807, 2.05) is 24.3 Å². The molecule has 0 saturated carbocycles. The molecule has 1 atom stereocenters. The lowest BCUT2D eigenvalue weighted by Crippen LogP contribution is -2.38. The normalized spacial score (nSPS) is 18.1. The van der Waals surface area contributed by atoms with Gasteiger partial charge < -0.3 is 19.5 Å². The first-order valence-corrected chi connectivity index (χ1v) is 5.98. The van der Waals surface area contributed by atoms with Crippen molar-refractivity contribution in [1.29, 1.82) is 0 Å². The largest absolute Gasteiger partial charge is 0.486 e. The molecule has 1 aromatic carbocycles. The second kappa shape index (κ2) is 6.47. The zero-order valence-corrected chi connectivity index (χ0v) is 10.1. The Bertz CT molecular complexity index is 343. The van der Waals surface area contributed by atoms with E-state index in [-0.39, 0.29) is 6.10 Å². The lowest BCUT2D eigenvalue weighted by atomic mass is 10.2. The zero-order chi connectivity index (χ0) is 11.9. The Labute approximate surface area is 102 Å². The molecule has 0 radical (unpaired) electrons. The minimum atomic E-state index is 0.0902. The fraction of sp³-hybridized carbons (Fsp3) is 0.538. The molecule has 1 heterocycles. The molecule has 0 aliphatic carbocycles. The molecule has 0 amide bonds. The molecule has 17 heavy (non-hydrogen) atoms. The zero-order valence-electron chi connectivity index (χ0n) is 10.1. The number of ether oxygens (including phenoxy) is 3. The van der Waals surface area contributed by atoms with Crippen LogP contribution in [0.25, 0.3) is 0 Å². The van der Waals surface area contributed by atoms with Crippen LogP contribution >= 0.6 is 0 Å². The summed E-state index contributed by atoms with van der Waals surface area (Å²) in [6.07, 6.45) is 1.10. The van der Waals surface area contributed by atoms with Crippen LogP contribution < -0.4 is 14.8 Å². The summed E-state index contributed by atoms with van der Waals surface area (Å²) < 4.78 is 16.4. The molecule has 0 unspecified atom stereocenters. The molecule has 4 heteroatoms. The smallest absolute Gasteiger partial charge is 0.161 e. The van der Waals surface area contributed by atoms with Gasteiger partial charge in [-0.05, 0) is 25.1 Å². The molecule has 94 valence electrons. The Morgan fingerprint density at radius 2 is 2.18 bits per heavy atom. The number of nitrogens with one attached hydrogen (secondary N) is 1. The van der Waals surface area contributed by atoms with Gasteiger partial charge >= 0.3 is 0 Å². The maximum Gasteiger partial charge on any atom is 0.161 e. The van der Waals surface area contributed by atoms with Crippen molar-refractivity contribution in [3.63, 3.8) is 0 Å². The van der Waals surface area contributed by atoms with Crippen LogP contribution in [0.15, 0.2) is 24.3 Å². The number of rotatable bonds is 6. The lowest BCUT2D eigenvalue weighted by molar-refractivity contribution is 0.0898. The van der Waals surface area contributed by atoms with Crippen LogP contribution in [-0.2, 0) is 4.74 Å². The molecule has 1 aromatic rings. The first kappa shape index (κ1) is 12.2. The van der Waals surface area contributed by atoms with Crippen LogP contribution in [0.1, 0.15) is 6.42 Å². The van der Waals surface area contributed by atoms with Crippen LogP contribution in [0.5, 0.6) is 11.5 Å². The second-order valence-electron chi connectivity index (χ2n) is 4.05. The maximum atomic E-state index is 5.82. The fourth-order valence-corrected chi connectivity index (χ4v) is 1.77. The second-order valence-corrected chi connectivity index (χ2v) is 4.05. The lowest BCUT2D eigenvalue weighted by Gasteiger charge is -2.26. The molecular weight excluding hydrogens is 218 g/mol. The van der Waals surface area contributed by atoms with Crippen molar-refractivity contribution in [2.75, 3.05) is 33.4 Å². The number of hydrogen-bond donors (Lipinski definition) is 1. The van der Waals surface area contributed by atoms with Crippen molar-refractivity contribution in [2.45, 2.75) is 12.5 Å². The standard InChI is InChI=1S/C13H19NO3/c1-15-8-4-7-14-9-11-10-16-12-5-2-3-6-13(12)17-11/h2-3,5-6,11,14H,4,7-10H2,1H3/t11-/m0/s1. The van der Waals surface area contributed by atoms with Gasteiger partial charge in [0.15, 0.2) is 11.5 Å². The molecular formula is C13H19NO3. The molecule has 1 aliphatic rings. The Morgan fingerprint density at radius 1 is 1.35 bits per heavy atom. The average molecular weight is 237 g/mol. The van der Waals surface area contributed by atoms with E-state index in [4.69, 9.17) is 14.2 Å². The van der Waals surface area contributed by atoms with Gasteiger partial charge in [-0.15, -0.1) is 0 Å². The van der Waals surface area contributed by atoms with Crippen molar-refractivity contribution in [3.05, 3.63) is 24.3 Å². The third kappa shape index (κ3) is 3.61. The van der Waals surface area contributed by atoms with Crippen molar-refractivity contribution >= 4 is 0 Å². The Morgan fingerprint density at radius 3 is 3.00 bits per heavy atom. The first-order chi connectivity index (χ1) is 8.40. The number of fused-ring (bicyclic) bond motifs is 1. The number of hydrogen-bond acceptors (Lipinski definition) is 4. The highest BCUT2D eigenvalue weighted by atomic mass is 16.6. The topological polar surface area (TPSA) is 39.7 Å². The first-order valence-electron chi connectivity index (χ1n) is 5.98. The molecule has 0 bridgehead atoms. The highest BCUT2D eigenvalue weighted by molar-refractivity contribution is 5.40. The molecule has 1 N–H and O–H groups in total. The summed E-state index contributed by atoms with van der Waals surface area (Å²) in [7, 11) is 1.72. The summed E-state index contributed by atoms with van der Waals surface area (Å²) in [5, 5.41) is 3.34. The average Bonchev–Trinajstić information content (AvgIpc) is 2.38. The van der Waals surface area contributed by atoms with Crippen molar-refractivity contribution < 1.29 is 14.2 Å². The van der Waals surface area contributed by atoms with E-state index in [1.165, 1.54) is 0 Å². The van der Waals surface area contributed by atoms with Crippen molar-refractivity contribution in [2.24, 2.45) is 0 Å². The van der Waals surface area contributed by atoms with E-state index in [1.54, 1.807) is 7.11 Å². The molecule has 1 aliphatic heterocycles. The summed E-state index contributed by atoms with van der Waals surface area (Å²) in [4.78, 5) is 0. The number of methoxy groups -OCH3 is 1. The van der Waals surface area contributed by atoms with Gasteiger partial charge in [-0.2, -0.15) is 0 Å². The van der Waals surface area contributed by atoms with E-state index in [0.29, 0.717) is 6.61 Å².